The predicted molar refractivity (Wildman–Crippen MR) is 129 cm³/mol. The third kappa shape index (κ3) is 2.93. The highest BCUT2D eigenvalue weighted by atomic mass is 32.1. The second kappa shape index (κ2) is 7.37. The lowest BCUT2D eigenvalue weighted by molar-refractivity contribution is 0.135. The van der Waals surface area contributed by atoms with Gasteiger partial charge in [0.1, 0.15) is 16.9 Å². The van der Waals surface area contributed by atoms with E-state index < -0.39 is 5.82 Å². The average Bonchev–Trinajstić information content (AvgIpc) is 3.53. The molecule has 2 aliphatic heterocycles. The quantitative estimate of drug-likeness (QED) is 0.438. The number of pyridine rings is 2. The fraction of sp³-hybridized carbons (Fsp3) is 0.320. The Labute approximate surface area is 194 Å². The van der Waals surface area contributed by atoms with Gasteiger partial charge >= 0.3 is 0 Å². The van der Waals surface area contributed by atoms with E-state index >= 15 is 0 Å². The molecule has 8 heteroatoms. The van der Waals surface area contributed by atoms with Crippen molar-refractivity contribution in [2.45, 2.75) is 33.5 Å². The van der Waals surface area contributed by atoms with Crippen LogP contribution in [0.1, 0.15) is 35.6 Å². The molecule has 0 amide bonds. The van der Waals surface area contributed by atoms with Crippen LogP contribution in [0.2, 0.25) is 0 Å². The van der Waals surface area contributed by atoms with Crippen molar-refractivity contribution in [1.82, 2.24) is 9.97 Å². The number of fused-ring (bicyclic) bond motifs is 4. The summed E-state index contributed by atoms with van der Waals surface area (Å²) in [6.07, 6.45) is 2.38. The van der Waals surface area contributed by atoms with Crippen LogP contribution >= 0.6 is 11.3 Å². The van der Waals surface area contributed by atoms with E-state index in [1.807, 2.05) is 6.92 Å². The molecule has 1 aromatic carbocycles. The van der Waals surface area contributed by atoms with E-state index in [1.165, 1.54) is 6.20 Å². The van der Waals surface area contributed by atoms with Crippen molar-refractivity contribution >= 4 is 43.1 Å². The van der Waals surface area contributed by atoms with Gasteiger partial charge in [-0.1, -0.05) is 6.92 Å². The van der Waals surface area contributed by atoms with E-state index in [9.17, 15) is 9.65 Å². The summed E-state index contributed by atoms with van der Waals surface area (Å²) < 4.78 is 20.8. The monoisotopic (exact) mass is 459 g/mol. The first kappa shape index (κ1) is 20.3. The summed E-state index contributed by atoms with van der Waals surface area (Å²) >= 11 is 1.09. The maximum absolute atomic E-state index is 14.6. The Kier molecular flexibility index (Phi) is 4.54. The molecule has 6 rings (SSSR count). The van der Waals surface area contributed by atoms with Crippen molar-refractivity contribution < 1.29 is 9.13 Å². The minimum atomic E-state index is -0.471. The van der Waals surface area contributed by atoms with Crippen LogP contribution in [0, 0.1) is 30.0 Å². The van der Waals surface area contributed by atoms with Gasteiger partial charge in [-0.25, -0.2) is 9.37 Å². The molecule has 1 saturated heterocycles. The number of nitrogen functional groups attached to an aromatic ring is 1. The summed E-state index contributed by atoms with van der Waals surface area (Å²) in [4.78, 5) is 11.9. The standard InChI is InChI=1S/C25H22FN5OS/c1-12-5-6-31(9-12)19-4-3-14-16-10-32-11-17(16)20(13(2)22(14)30-19)23-21-15(7-27)25(28)33-24(21)18(26)8-29-23/h3-4,8,12H,5-6,9-11,28H2,1-2H3. The maximum Gasteiger partial charge on any atom is 0.159 e. The Balaban J connectivity index is 1.67. The van der Waals surface area contributed by atoms with E-state index in [-0.39, 0.29) is 5.56 Å². The average molecular weight is 460 g/mol. The van der Waals surface area contributed by atoms with Gasteiger partial charge in [0.25, 0.3) is 0 Å². The largest absolute Gasteiger partial charge is 0.389 e. The Hall–Kier alpha value is -3.28. The molecule has 0 saturated carbocycles. The third-order valence-corrected chi connectivity index (χ3v) is 7.91. The van der Waals surface area contributed by atoms with Gasteiger partial charge in [0.2, 0.25) is 0 Å². The molecule has 0 bridgehead atoms. The second-order valence-electron chi connectivity index (χ2n) is 8.97. The van der Waals surface area contributed by atoms with Crippen LogP contribution in [-0.4, -0.2) is 23.1 Å². The van der Waals surface area contributed by atoms with Crippen molar-refractivity contribution in [3.05, 3.63) is 46.4 Å². The molecule has 1 fully saturated rings. The molecule has 33 heavy (non-hydrogen) atoms. The molecule has 1 atom stereocenters. The normalized spacial score (nSPS) is 17.8. The lowest BCUT2D eigenvalue weighted by atomic mass is 9.90. The minimum absolute atomic E-state index is 0.275. The first-order valence-corrected chi connectivity index (χ1v) is 11.8. The molecule has 3 aromatic heterocycles. The zero-order chi connectivity index (χ0) is 22.9. The van der Waals surface area contributed by atoms with E-state index in [0.29, 0.717) is 39.9 Å². The number of nitrogens with two attached hydrogens (primary N) is 1. The van der Waals surface area contributed by atoms with E-state index in [0.717, 1.165) is 69.8 Å². The number of anilines is 2. The Morgan fingerprint density at radius 1 is 1.30 bits per heavy atom. The van der Waals surface area contributed by atoms with Gasteiger partial charge in [0.15, 0.2) is 5.82 Å². The summed E-state index contributed by atoms with van der Waals surface area (Å²) in [6.45, 7) is 7.21. The highest BCUT2D eigenvalue weighted by molar-refractivity contribution is 7.23. The molecule has 0 spiro atoms. The topological polar surface area (TPSA) is 88.1 Å². The fourth-order valence-corrected chi connectivity index (χ4v) is 6.16. The molecule has 0 aliphatic carbocycles. The number of thiophene rings is 1. The molecular formula is C25H22FN5OS. The summed E-state index contributed by atoms with van der Waals surface area (Å²) in [6, 6.07) is 6.39. The Morgan fingerprint density at radius 2 is 2.12 bits per heavy atom. The minimum Gasteiger partial charge on any atom is -0.389 e. The predicted octanol–water partition coefficient (Wildman–Crippen LogP) is 5.29. The van der Waals surface area contributed by atoms with Crippen LogP contribution in [0.4, 0.5) is 15.2 Å². The van der Waals surface area contributed by atoms with Gasteiger partial charge in [-0.15, -0.1) is 11.3 Å². The van der Waals surface area contributed by atoms with Crippen LogP contribution in [0.3, 0.4) is 0 Å². The number of aryl methyl sites for hydroxylation is 1. The molecule has 0 radical (unpaired) electrons. The number of rotatable bonds is 2. The van der Waals surface area contributed by atoms with Crippen molar-refractivity contribution in [2.24, 2.45) is 5.92 Å². The van der Waals surface area contributed by atoms with Crippen molar-refractivity contribution in [3.8, 4) is 17.3 Å². The smallest absolute Gasteiger partial charge is 0.159 e. The number of nitriles is 1. The van der Waals surface area contributed by atoms with E-state index in [2.05, 4.69) is 35.0 Å². The summed E-state index contributed by atoms with van der Waals surface area (Å²) in [5.41, 5.74) is 11.8. The number of nitrogens with zero attached hydrogens (tertiary/aromatic N) is 4. The lowest BCUT2D eigenvalue weighted by Crippen LogP contribution is -2.20. The van der Waals surface area contributed by atoms with Gasteiger partial charge < -0.3 is 15.4 Å². The van der Waals surface area contributed by atoms with Gasteiger partial charge in [-0.2, -0.15) is 5.26 Å². The Bertz CT molecular complexity index is 1510. The van der Waals surface area contributed by atoms with Crippen molar-refractivity contribution in [1.29, 1.82) is 5.26 Å². The van der Waals surface area contributed by atoms with Crippen molar-refractivity contribution in [2.75, 3.05) is 23.7 Å². The third-order valence-electron chi connectivity index (χ3n) is 6.89. The highest BCUT2D eigenvalue weighted by Crippen LogP contribution is 2.45. The maximum atomic E-state index is 14.6. The van der Waals surface area contributed by atoms with Crippen LogP contribution in [0.15, 0.2) is 18.3 Å². The fourth-order valence-electron chi connectivity index (χ4n) is 5.24. The summed E-state index contributed by atoms with van der Waals surface area (Å²) in [7, 11) is 0. The zero-order valence-corrected chi connectivity index (χ0v) is 19.2. The van der Waals surface area contributed by atoms with Crippen LogP contribution in [0.5, 0.6) is 0 Å². The number of hydrogen-bond acceptors (Lipinski definition) is 7. The summed E-state index contributed by atoms with van der Waals surface area (Å²) in [5, 5.41) is 11.6. The molecule has 6 nitrogen and oxygen atoms in total. The number of benzene rings is 1. The van der Waals surface area contributed by atoms with Gasteiger partial charge in [-0.3, -0.25) is 4.98 Å². The second-order valence-corrected chi connectivity index (χ2v) is 10.0. The first-order chi connectivity index (χ1) is 16.0. The Morgan fingerprint density at radius 3 is 2.88 bits per heavy atom. The number of ether oxygens (including phenoxy) is 1. The molecule has 5 heterocycles. The van der Waals surface area contributed by atoms with Gasteiger partial charge in [-0.05, 0) is 48.1 Å². The van der Waals surface area contributed by atoms with E-state index in [1.54, 1.807) is 0 Å². The number of hydrogen-bond donors (Lipinski definition) is 1. The summed E-state index contributed by atoms with van der Waals surface area (Å²) in [5.74, 6) is 1.15. The van der Waals surface area contributed by atoms with Crippen molar-refractivity contribution in [3.63, 3.8) is 0 Å². The van der Waals surface area contributed by atoms with Gasteiger partial charge in [0.05, 0.1) is 40.9 Å². The van der Waals surface area contributed by atoms with Crippen LogP contribution in [0.25, 0.3) is 32.2 Å². The molecule has 166 valence electrons. The zero-order valence-electron chi connectivity index (χ0n) is 18.4. The molecule has 4 aromatic rings. The molecule has 2 aliphatic rings. The number of halogens is 1. The lowest BCUT2D eigenvalue weighted by Gasteiger charge is -2.20. The molecule has 1 unspecified atom stereocenters. The molecular weight excluding hydrogens is 437 g/mol. The number of aromatic nitrogens is 2. The first-order valence-electron chi connectivity index (χ1n) is 11.0. The van der Waals surface area contributed by atoms with E-state index in [4.69, 9.17) is 15.5 Å². The van der Waals surface area contributed by atoms with Gasteiger partial charge in [0, 0.05) is 29.4 Å². The van der Waals surface area contributed by atoms with Crippen LogP contribution < -0.4 is 10.6 Å². The van der Waals surface area contributed by atoms with Crippen LogP contribution in [-0.2, 0) is 18.0 Å². The highest BCUT2D eigenvalue weighted by Gasteiger charge is 2.28. The molecule has 2 N–H and O–H groups in total. The SMILES string of the molecule is Cc1c(-c2ncc(F)c3sc(N)c(C#N)c23)c2c(c3ccc(N4CCC(C)C4)nc13)COC2.